The van der Waals surface area contributed by atoms with E-state index in [9.17, 15) is 4.79 Å². The zero-order chi connectivity index (χ0) is 21.0. The highest BCUT2D eigenvalue weighted by atomic mass is 16.3. The van der Waals surface area contributed by atoms with Gasteiger partial charge in [0.05, 0.1) is 6.04 Å². The monoisotopic (exact) mass is 412 g/mol. The minimum atomic E-state index is -0.103. The second-order valence-corrected chi connectivity index (χ2v) is 7.84. The molecule has 6 nitrogen and oxygen atoms in total. The summed E-state index contributed by atoms with van der Waals surface area (Å²) >= 11 is 0. The van der Waals surface area contributed by atoms with Crippen molar-refractivity contribution < 1.29 is 9.21 Å². The highest BCUT2D eigenvalue weighted by Gasteiger charge is 2.28. The molecule has 156 valence electrons. The number of nitrogens with one attached hydrogen (secondary N) is 3. The van der Waals surface area contributed by atoms with Gasteiger partial charge in [0.2, 0.25) is 0 Å². The number of aromatic nitrogens is 1. The maximum Gasteiger partial charge on any atom is 0.251 e. The Morgan fingerprint density at radius 2 is 1.81 bits per heavy atom. The largest absolute Gasteiger partial charge is 0.440 e. The number of hydrazine groups is 1. The summed E-state index contributed by atoms with van der Waals surface area (Å²) in [4.78, 5) is 17.3. The van der Waals surface area contributed by atoms with Crippen LogP contribution in [0.1, 0.15) is 33.4 Å². The number of fused-ring (bicyclic) bond motifs is 1. The Hall–Kier alpha value is -3.48. The maximum atomic E-state index is 12.8. The lowest BCUT2D eigenvalue weighted by Crippen LogP contribution is -2.32. The number of oxazole rings is 1. The molecule has 2 unspecified atom stereocenters. The van der Waals surface area contributed by atoms with Crippen molar-refractivity contribution in [3.8, 4) is 0 Å². The van der Waals surface area contributed by atoms with Crippen LogP contribution in [0.25, 0.3) is 11.1 Å². The number of rotatable bonds is 6. The van der Waals surface area contributed by atoms with E-state index in [0.717, 1.165) is 12.1 Å². The van der Waals surface area contributed by atoms with E-state index >= 15 is 0 Å². The lowest BCUT2D eigenvalue weighted by molar-refractivity contribution is 0.0947. The highest BCUT2D eigenvalue weighted by Crippen LogP contribution is 2.24. The van der Waals surface area contributed by atoms with E-state index in [4.69, 9.17) is 4.42 Å². The molecule has 1 saturated heterocycles. The SMILES string of the molecule is O=C(NCC1CNNC1c1ccccc1)c1ccc2oc(Cc3ccccc3)nc2c1. The number of carbonyl (C=O) groups excluding carboxylic acids is 1. The Balaban J connectivity index is 1.25. The Bertz CT molecular complexity index is 1170. The third-order valence-electron chi connectivity index (χ3n) is 5.67. The Morgan fingerprint density at radius 3 is 2.61 bits per heavy atom. The van der Waals surface area contributed by atoms with Crippen LogP contribution in [0.3, 0.4) is 0 Å². The normalized spacial score (nSPS) is 18.3. The van der Waals surface area contributed by atoms with Crippen molar-refractivity contribution in [1.82, 2.24) is 21.2 Å². The molecule has 0 bridgehead atoms. The predicted molar refractivity (Wildman–Crippen MR) is 119 cm³/mol. The topological polar surface area (TPSA) is 79.2 Å². The fraction of sp³-hybridized carbons (Fsp3) is 0.200. The van der Waals surface area contributed by atoms with E-state index in [2.05, 4.69) is 33.3 Å². The number of amides is 1. The zero-order valence-corrected chi connectivity index (χ0v) is 17.0. The molecule has 0 aliphatic carbocycles. The smallest absolute Gasteiger partial charge is 0.251 e. The van der Waals surface area contributed by atoms with Gasteiger partial charge in [0.25, 0.3) is 5.91 Å². The first-order valence-corrected chi connectivity index (χ1v) is 10.5. The molecule has 3 aromatic carbocycles. The van der Waals surface area contributed by atoms with Gasteiger partial charge in [-0.2, -0.15) is 0 Å². The molecule has 5 rings (SSSR count). The van der Waals surface area contributed by atoms with Crippen LogP contribution in [0.5, 0.6) is 0 Å². The van der Waals surface area contributed by atoms with Gasteiger partial charge in [0.1, 0.15) is 5.52 Å². The molecular weight excluding hydrogens is 388 g/mol. The average Bonchev–Trinajstić information content (AvgIpc) is 3.44. The predicted octanol–water partition coefficient (Wildman–Crippen LogP) is 3.61. The molecule has 2 heterocycles. The lowest BCUT2D eigenvalue weighted by atomic mass is 9.95. The quantitative estimate of drug-likeness (QED) is 0.451. The molecule has 1 aliphatic rings. The van der Waals surface area contributed by atoms with Gasteiger partial charge in [-0.15, -0.1) is 0 Å². The maximum absolute atomic E-state index is 12.8. The van der Waals surface area contributed by atoms with Crippen LogP contribution < -0.4 is 16.2 Å². The van der Waals surface area contributed by atoms with Crippen LogP contribution in [0, 0.1) is 5.92 Å². The molecule has 1 aromatic heterocycles. The van der Waals surface area contributed by atoms with Gasteiger partial charge in [-0.3, -0.25) is 10.2 Å². The third kappa shape index (κ3) is 4.35. The Kier molecular flexibility index (Phi) is 5.48. The van der Waals surface area contributed by atoms with Crippen LogP contribution in [0.15, 0.2) is 83.3 Å². The second kappa shape index (κ2) is 8.71. The number of benzene rings is 3. The molecule has 6 heteroatoms. The molecule has 2 atom stereocenters. The van der Waals surface area contributed by atoms with Crippen molar-refractivity contribution in [2.75, 3.05) is 13.1 Å². The van der Waals surface area contributed by atoms with Crippen molar-refractivity contribution in [3.05, 3.63) is 101 Å². The van der Waals surface area contributed by atoms with Crippen LogP contribution in [0.2, 0.25) is 0 Å². The zero-order valence-electron chi connectivity index (χ0n) is 17.0. The first-order valence-electron chi connectivity index (χ1n) is 10.5. The van der Waals surface area contributed by atoms with E-state index in [1.165, 1.54) is 5.56 Å². The molecule has 3 N–H and O–H groups in total. The van der Waals surface area contributed by atoms with Crippen LogP contribution in [0.4, 0.5) is 0 Å². The number of carbonyl (C=O) groups is 1. The van der Waals surface area contributed by atoms with Gasteiger partial charge in [-0.1, -0.05) is 60.7 Å². The molecule has 4 aromatic rings. The number of nitrogens with zero attached hydrogens (tertiary/aromatic N) is 1. The van der Waals surface area contributed by atoms with Crippen LogP contribution >= 0.6 is 0 Å². The average molecular weight is 412 g/mol. The van der Waals surface area contributed by atoms with E-state index in [-0.39, 0.29) is 17.9 Å². The summed E-state index contributed by atoms with van der Waals surface area (Å²) in [5.41, 5.74) is 10.8. The summed E-state index contributed by atoms with van der Waals surface area (Å²) in [5, 5.41) is 3.07. The van der Waals surface area contributed by atoms with Crippen LogP contribution in [-0.2, 0) is 6.42 Å². The summed E-state index contributed by atoms with van der Waals surface area (Å²) < 4.78 is 5.85. The van der Waals surface area contributed by atoms with E-state index in [1.54, 1.807) is 12.1 Å². The Labute approximate surface area is 180 Å². The number of hydrogen-bond acceptors (Lipinski definition) is 5. The van der Waals surface area contributed by atoms with Gasteiger partial charge >= 0.3 is 0 Å². The van der Waals surface area contributed by atoms with Gasteiger partial charge in [0, 0.05) is 31.0 Å². The van der Waals surface area contributed by atoms with Crippen molar-refractivity contribution >= 4 is 17.0 Å². The van der Waals surface area contributed by atoms with Gasteiger partial charge < -0.3 is 9.73 Å². The van der Waals surface area contributed by atoms with E-state index < -0.39 is 0 Å². The molecule has 0 saturated carbocycles. The minimum Gasteiger partial charge on any atom is -0.440 e. The molecular formula is C25H24N4O2. The second-order valence-electron chi connectivity index (χ2n) is 7.84. The fourth-order valence-electron chi connectivity index (χ4n) is 4.03. The molecule has 1 amide bonds. The van der Waals surface area contributed by atoms with Gasteiger partial charge in [0.15, 0.2) is 11.5 Å². The van der Waals surface area contributed by atoms with Gasteiger partial charge in [-0.25, -0.2) is 10.4 Å². The molecule has 1 aliphatic heterocycles. The van der Waals surface area contributed by atoms with Crippen LogP contribution in [-0.4, -0.2) is 24.0 Å². The van der Waals surface area contributed by atoms with E-state index in [0.29, 0.717) is 35.5 Å². The lowest BCUT2D eigenvalue weighted by Gasteiger charge is -2.19. The summed E-state index contributed by atoms with van der Waals surface area (Å²) in [6.07, 6.45) is 0.625. The molecule has 31 heavy (non-hydrogen) atoms. The van der Waals surface area contributed by atoms with Crippen molar-refractivity contribution in [2.24, 2.45) is 5.92 Å². The molecule has 0 radical (unpaired) electrons. The minimum absolute atomic E-state index is 0.103. The molecule has 1 fully saturated rings. The first kappa shape index (κ1) is 19.5. The molecule has 0 spiro atoms. The summed E-state index contributed by atoms with van der Waals surface area (Å²) in [6.45, 7) is 1.37. The highest BCUT2D eigenvalue weighted by molar-refractivity contribution is 5.97. The summed E-state index contributed by atoms with van der Waals surface area (Å²) in [5.74, 6) is 0.806. The first-order chi connectivity index (χ1) is 15.3. The van der Waals surface area contributed by atoms with Crippen molar-refractivity contribution in [1.29, 1.82) is 0 Å². The third-order valence-corrected chi connectivity index (χ3v) is 5.67. The number of hydrogen-bond donors (Lipinski definition) is 3. The fourth-order valence-corrected chi connectivity index (χ4v) is 4.03. The Morgan fingerprint density at radius 1 is 1.03 bits per heavy atom. The van der Waals surface area contributed by atoms with E-state index in [1.807, 2.05) is 54.6 Å². The van der Waals surface area contributed by atoms with Crippen molar-refractivity contribution in [2.45, 2.75) is 12.5 Å². The summed E-state index contributed by atoms with van der Waals surface area (Å²) in [6, 6.07) is 25.9. The van der Waals surface area contributed by atoms with Crippen molar-refractivity contribution in [3.63, 3.8) is 0 Å². The van der Waals surface area contributed by atoms with Gasteiger partial charge in [-0.05, 0) is 29.3 Å². The summed E-state index contributed by atoms with van der Waals surface area (Å²) in [7, 11) is 0. The standard InChI is InChI=1S/C25H24N4O2/c30-25(26-15-20-16-27-29-24(20)18-9-5-2-6-10-18)19-11-12-22-21(14-19)28-23(31-22)13-17-7-3-1-4-8-17/h1-12,14,20,24,27,29H,13,15-16H2,(H,26,30).